The third kappa shape index (κ3) is 1.15. The lowest BCUT2D eigenvalue weighted by atomic mass is 10.1. The van der Waals surface area contributed by atoms with Gasteiger partial charge in [-0.25, -0.2) is 9.18 Å². The first-order valence-electron chi connectivity index (χ1n) is 4.56. The van der Waals surface area contributed by atoms with Gasteiger partial charge in [0.1, 0.15) is 21.8 Å². The number of hydrogen-bond donors (Lipinski definition) is 1. The van der Waals surface area contributed by atoms with Crippen molar-refractivity contribution in [2.75, 3.05) is 5.73 Å². The van der Waals surface area contributed by atoms with E-state index in [4.69, 9.17) is 10.2 Å². The first kappa shape index (κ1) is 9.35. The maximum Gasteiger partial charge on any atom is 0.347 e. The van der Waals surface area contributed by atoms with Crippen LogP contribution in [-0.2, 0) is 0 Å². The topological polar surface area (TPSA) is 56.2 Å². The molecule has 0 saturated carbocycles. The third-order valence-electron chi connectivity index (χ3n) is 2.46. The molecule has 16 heavy (non-hydrogen) atoms. The third-order valence-corrected chi connectivity index (χ3v) is 3.27. The Morgan fingerprint density at radius 2 is 2.12 bits per heavy atom. The van der Waals surface area contributed by atoms with Crippen LogP contribution in [0.3, 0.4) is 0 Å². The highest BCUT2D eigenvalue weighted by molar-refractivity contribution is 7.16. The second-order valence-corrected chi connectivity index (χ2v) is 4.33. The Balaban J connectivity index is 2.65. The molecule has 3 aromatic rings. The highest BCUT2D eigenvalue weighted by Crippen LogP contribution is 2.31. The number of nitrogen functional groups attached to an aromatic ring is 1. The van der Waals surface area contributed by atoms with E-state index in [1.54, 1.807) is 11.4 Å². The van der Waals surface area contributed by atoms with E-state index in [9.17, 15) is 9.18 Å². The van der Waals surface area contributed by atoms with Crippen LogP contribution in [0.15, 0.2) is 32.8 Å². The minimum absolute atomic E-state index is 0.246. The Hall–Kier alpha value is -1.88. The van der Waals surface area contributed by atoms with Crippen LogP contribution < -0.4 is 11.4 Å². The molecule has 0 bridgehead atoms. The maximum absolute atomic E-state index is 13.0. The molecule has 2 heterocycles. The average Bonchev–Trinajstić information content (AvgIpc) is 2.61. The van der Waals surface area contributed by atoms with E-state index < -0.39 is 11.4 Å². The molecule has 0 radical (unpaired) electrons. The van der Waals surface area contributed by atoms with E-state index in [1.165, 1.54) is 23.5 Å². The SMILES string of the molecule is Nc1scc2c1c(=O)oc1cc(F)ccc12. The first-order valence-corrected chi connectivity index (χ1v) is 5.44. The van der Waals surface area contributed by atoms with Gasteiger partial charge in [-0.1, -0.05) is 0 Å². The van der Waals surface area contributed by atoms with Crippen LogP contribution >= 0.6 is 11.3 Å². The molecule has 3 rings (SSSR count). The van der Waals surface area contributed by atoms with E-state index in [1.807, 2.05) is 0 Å². The molecule has 2 aromatic heterocycles. The summed E-state index contributed by atoms with van der Waals surface area (Å²) in [6, 6.07) is 4.11. The van der Waals surface area contributed by atoms with Crippen molar-refractivity contribution in [1.82, 2.24) is 0 Å². The van der Waals surface area contributed by atoms with Gasteiger partial charge in [0.2, 0.25) is 0 Å². The number of nitrogens with two attached hydrogens (primary N) is 1. The second-order valence-electron chi connectivity index (χ2n) is 3.42. The number of fused-ring (bicyclic) bond motifs is 3. The van der Waals surface area contributed by atoms with Crippen molar-refractivity contribution >= 4 is 38.1 Å². The van der Waals surface area contributed by atoms with Crippen molar-refractivity contribution in [2.24, 2.45) is 0 Å². The summed E-state index contributed by atoms with van der Waals surface area (Å²) in [5.41, 5.74) is 5.41. The quantitative estimate of drug-likeness (QED) is 0.609. The van der Waals surface area contributed by atoms with Crippen LogP contribution in [0.1, 0.15) is 0 Å². The van der Waals surface area contributed by atoms with Gasteiger partial charge in [0.15, 0.2) is 0 Å². The van der Waals surface area contributed by atoms with Crippen molar-refractivity contribution in [3.05, 3.63) is 39.8 Å². The minimum Gasteiger partial charge on any atom is -0.422 e. The van der Waals surface area contributed by atoms with E-state index in [0.717, 1.165) is 0 Å². The highest BCUT2D eigenvalue weighted by Gasteiger charge is 2.12. The zero-order chi connectivity index (χ0) is 11.3. The summed E-state index contributed by atoms with van der Waals surface area (Å²) < 4.78 is 18.0. The smallest absolute Gasteiger partial charge is 0.347 e. The summed E-state index contributed by atoms with van der Waals surface area (Å²) in [4.78, 5) is 11.6. The number of anilines is 1. The summed E-state index contributed by atoms with van der Waals surface area (Å²) in [5, 5.41) is 4.00. The highest BCUT2D eigenvalue weighted by atomic mass is 32.1. The Morgan fingerprint density at radius 3 is 2.94 bits per heavy atom. The summed E-state index contributed by atoms with van der Waals surface area (Å²) in [5.74, 6) is -0.432. The lowest BCUT2D eigenvalue weighted by molar-refractivity contribution is 0.562. The van der Waals surface area contributed by atoms with Gasteiger partial charge in [0, 0.05) is 22.2 Å². The van der Waals surface area contributed by atoms with Crippen LogP contribution in [0.25, 0.3) is 21.7 Å². The van der Waals surface area contributed by atoms with Crippen molar-refractivity contribution in [2.45, 2.75) is 0 Å². The summed E-state index contributed by atoms with van der Waals surface area (Å²) in [6.45, 7) is 0. The minimum atomic E-state index is -0.521. The molecule has 0 aliphatic rings. The molecule has 80 valence electrons. The van der Waals surface area contributed by atoms with Crippen LogP contribution in [0.4, 0.5) is 9.39 Å². The van der Waals surface area contributed by atoms with Gasteiger partial charge in [-0.2, -0.15) is 0 Å². The van der Waals surface area contributed by atoms with Gasteiger partial charge in [-0.05, 0) is 12.1 Å². The van der Waals surface area contributed by atoms with Crippen LogP contribution in [0.2, 0.25) is 0 Å². The van der Waals surface area contributed by atoms with Crippen molar-refractivity contribution < 1.29 is 8.81 Å². The standard InChI is InChI=1S/C11H6FNO2S/c12-5-1-2-6-7-4-16-10(13)9(7)11(14)15-8(6)3-5/h1-4H,13H2. The Labute approximate surface area is 92.9 Å². The van der Waals surface area contributed by atoms with Crippen molar-refractivity contribution in [1.29, 1.82) is 0 Å². The van der Waals surface area contributed by atoms with E-state index in [0.29, 0.717) is 21.2 Å². The van der Waals surface area contributed by atoms with E-state index in [2.05, 4.69) is 0 Å². The number of halogens is 1. The molecule has 2 N–H and O–H groups in total. The molecule has 3 nitrogen and oxygen atoms in total. The molecular weight excluding hydrogens is 229 g/mol. The zero-order valence-electron chi connectivity index (χ0n) is 7.99. The van der Waals surface area contributed by atoms with Gasteiger partial charge < -0.3 is 10.2 Å². The first-order chi connectivity index (χ1) is 7.66. The fourth-order valence-electron chi connectivity index (χ4n) is 1.74. The molecular formula is C11H6FNO2S. The molecule has 0 spiro atoms. The Kier molecular flexibility index (Phi) is 1.79. The fourth-order valence-corrected chi connectivity index (χ4v) is 2.54. The lowest BCUT2D eigenvalue weighted by Crippen LogP contribution is -2.00. The largest absolute Gasteiger partial charge is 0.422 e. The molecule has 0 aliphatic heterocycles. The van der Waals surface area contributed by atoms with E-state index >= 15 is 0 Å². The van der Waals surface area contributed by atoms with Gasteiger partial charge in [0.05, 0.1) is 0 Å². The maximum atomic E-state index is 13.0. The van der Waals surface area contributed by atoms with Gasteiger partial charge in [0.25, 0.3) is 0 Å². The lowest BCUT2D eigenvalue weighted by Gasteiger charge is -1.98. The van der Waals surface area contributed by atoms with Gasteiger partial charge >= 0.3 is 5.63 Å². The average molecular weight is 235 g/mol. The predicted molar refractivity (Wildman–Crippen MR) is 62.2 cm³/mol. The molecule has 0 unspecified atom stereocenters. The Bertz CT molecular complexity index is 760. The number of thiophene rings is 1. The van der Waals surface area contributed by atoms with Crippen LogP contribution in [0.5, 0.6) is 0 Å². The van der Waals surface area contributed by atoms with Crippen molar-refractivity contribution in [3.8, 4) is 0 Å². The molecule has 0 aliphatic carbocycles. The monoisotopic (exact) mass is 235 g/mol. The predicted octanol–water partition coefficient (Wildman–Crippen LogP) is 2.73. The number of benzene rings is 1. The van der Waals surface area contributed by atoms with Gasteiger partial charge in [-0.3, -0.25) is 0 Å². The fraction of sp³-hybridized carbons (Fsp3) is 0. The number of hydrogen-bond acceptors (Lipinski definition) is 4. The molecule has 0 amide bonds. The molecule has 0 fully saturated rings. The summed E-state index contributed by atoms with van der Waals surface area (Å²) in [7, 11) is 0. The van der Waals surface area contributed by atoms with Crippen LogP contribution in [-0.4, -0.2) is 0 Å². The normalized spacial score (nSPS) is 11.3. The molecule has 1 aromatic carbocycles. The Morgan fingerprint density at radius 1 is 1.31 bits per heavy atom. The van der Waals surface area contributed by atoms with Gasteiger partial charge in [-0.15, -0.1) is 11.3 Å². The summed E-state index contributed by atoms with van der Waals surface area (Å²) in [6.07, 6.45) is 0. The molecule has 5 heteroatoms. The second kappa shape index (κ2) is 3.05. The number of rotatable bonds is 0. The zero-order valence-corrected chi connectivity index (χ0v) is 8.81. The summed E-state index contributed by atoms with van der Waals surface area (Å²) >= 11 is 1.27. The van der Waals surface area contributed by atoms with E-state index in [-0.39, 0.29) is 5.58 Å². The molecule has 0 atom stereocenters. The van der Waals surface area contributed by atoms with Crippen molar-refractivity contribution in [3.63, 3.8) is 0 Å². The molecule has 0 saturated heterocycles. The van der Waals surface area contributed by atoms with Crippen LogP contribution in [0, 0.1) is 5.82 Å².